The molecule has 0 saturated heterocycles. The van der Waals surface area contributed by atoms with Gasteiger partial charge in [-0.25, -0.2) is 0 Å². The van der Waals surface area contributed by atoms with Crippen molar-refractivity contribution in [2.45, 2.75) is 31.3 Å². The van der Waals surface area contributed by atoms with Crippen molar-refractivity contribution in [1.82, 2.24) is 10.2 Å². The quantitative estimate of drug-likeness (QED) is 0.891. The highest BCUT2D eigenvalue weighted by molar-refractivity contribution is 5.83. The fourth-order valence-electron chi connectivity index (χ4n) is 3.05. The highest BCUT2D eigenvalue weighted by Gasteiger charge is 2.24. The Morgan fingerprint density at radius 1 is 1.15 bits per heavy atom. The minimum Gasteiger partial charge on any atom is -0.312 e. The predicted molar refractivity (Wildman–Crippen MR) is 86.0 cm³/mol. The van der Waals surface area contributed by atoms with E-state index < -0.39 is 0 Å². The van der Waals surface area contributed by atoms with Crippen LogP contribution in [0, 0.1) is 0 Å². The lowest BCUT2D eigenvalue weighted by Crippen LogP contribution is -2.41. The maximum atomic E-state index is 3.48. The number of fused-ring (bicyclic) bond motifs is 1. The number of rotatable bonds is 5. The topological polar surface area (TPSA) is 15.3 Å². The summed E-state index contributed by atoms with van der Waals surface area (Å²) in [4.78, 5) is 2.51. The van der Waals surface area contributed by atoms with E-state index in [1.165, 1.54) is 35.6 Å². The molecule has 1 N–H and O–H groups in total. The molecule has 0 aliphatic heterocycles. The molecule has 2 nitrogen and oxygen atoms in total. The van der Waals surface area contributed by atoms with Crippen LogP contribution < -0.4 is 5.32 Å². The van der Waals surface area contributed by atoms with Gasteiger partial charge < -0.3 is 10.2 Å². The van der Waals surface area contributed by atoms with Gasteiger partial charge in [0.1, 0.15) is 0 Å². The zero-order chi connectivity index (χ0) is 13.9. The van der Waals surface area contributed by atoms with E-state index in [0.29, 0.717) is 6.04 Å². The molecule has 0 bridgehead atoms. The first-order valence-corrected chi connectivity index (χ1v) is 7.64. The minimum atomic E-state index is 0.408. The first-order valence-electron chi connectivity index (χ1n) is 7.64. The molecular weight excluding hydrogens is 244 g/mol. The zero-order valence-electron chi connectivity index (χ0n) is 12.5. The van der Waals surface area contributed by atoms with Gasteiger partial charge in [-0.1, -0.05) is 42.8 Å². The summed E-state index contributed by atoms with van der Waals surface area (Å²) in [7, 11) is 4.32. The molecule has 106 valence electrons. The van der Waals surface area contributed by atoms with Crippen LogP contribution >= 0.6 is 0 Å². The van der Waals surface area contributed by atoms with Crippen molar-refractivity contribution in [3.8, 4) is 0 Å². The molecule has 1 aliphatic carbocycles. The summed E-state index contributed by atoms with van der Waals surface area (Å²) in [5, 5.41) is 6.12. The smallest absolute Gasteiger partial charge is 0.0447 e. The molecule has 1 atom stereocenters. The molecule has 0 heterocycles. The summed E-state index contributed by atoms with van der Waals surface area (Å²) in [6.45, 7) is 1.08. The number of benzene rings is 2. The van der Waals surface area contributed by atoms with Crippen molar-refractivity contribution in [1.29, 1.82) is 0 Å². The van der Waals surface area contributed by atoms with E-state index >= 15 is 0 Å². The Morgan fingerprint density at radius 2 is 1.90 bits per heavy atom. The maximum Gasteiger partial charge on any atom is 0.0447 e. The number of likely N-dealkylation sites (N-methyl/N-ethyl adjacent to an activating group) is 2. The standard InChI is InChI=1S/C18H24N2/c1-19-18(13-20(2)17-8-5-9-17)16-11-10-14-6-3-4-7-15(14)12-16/h3-4,6-7,10-12,17-19H,5,8-9,13H2,1-2H3. The van der Waals surface area contributed by atoms with Gasteiger partial charge >= 0.3 is 0 Å². The molecule has 2 aromatic rings. The normalized spacial score (nSPS) is 17.4. The Bertz CT molecular complexity index is 574. The molecule has 0 spiro atoms. The molecule has 2 aromatic carbocycles. The van der Waals surface area contributed by atoms with Crippen LogP contribution in [0.25, 0.3) is 10.8 Å². The summed E-state index contributed by atoms with van der Waals surface area (Å²) in [6, 6.07) is 16.6. The summed E-state index contributed by atoms with van der Waals surface area (Å²) in [6.07, 6.45) is 4.13. The Balaban J connectivity index is 1.79. The Morgan fingerprint density at radius 3 is 2.55 bits per heavy atom. The zero-order valence-corrected chi connectivity index (χ0v) is 12.5. The van der Waals surface area contributed by atoms with Gasteiger partial charge in [-0.05, 0) is 49.3 Å². The Hall–Kier alpha value is -1.38. The summed E-state index contributed by atoms with van der Waals surface area (Å²) in [5.41, 5.74) is 1.39. The summed E-state index contributed by atoms with van der Waals surface area (Å²) < 4.78 is 0. The first-order chi connectivity index (χ1) is 9.78. The van der Waals surface area contributed by atoms with Crippen molar-refractivity contribution in [3.63, 3.8) is 0 Å². The van der Waals surface area contributed by atoms with Gasteiger partial charge in [-0.3, -0.25) is 0 Å². The molecule has 0 amide bonds. The van der Waals surface area contributed by atoms with Gasteiger partial charge in [-0.2, -0.15) is 0 Å². The molecule has 1 fully saturated rings. The Kier molecular flexibility index (Phi) is 4.04. The van der Waals surface area contributed by atoms with Crippen molar-refractivity contribution in [3.05, 3.63) is 48.0 Å². The maximum absolute atomic E-state index is 3.48. The average molecular weight is 268 g/mol. The Labute approximate surface area is 121 Å². The lowest BCUT2D eigenvalue weighted by atomic mass is 9.91. The van der Waals surface area contributed by atoms with E-state index in [1.807, 2.05) is 0 Å². The number of nitrogens with one attached hydrogen (secondary N) is 1. The van der Waals surface area contributed by atoms with Crippen LogP contribution in [0.15, 0.2) is 42.5 Å². The monoisotopic (exact) mass is 268 g/mol. The second-order valence-electron chi connectivity index (χ2n) is 5.97. The lowest BCUT2D eigenvalue weighted by Gasteiger charge is -2.37. The van der Waals surface area contributed by atoms with Crippen molar-refractivity contribution >= 4 is 10.8 Å². The molecule has 20 heavy (non-hydrogen) atoms. The summed E-state index contributed by atoms with van der Waals surface area (Å²) in [5.74, 6) is 0. The third-order valence-corrected chi connectivity index (χ3v) is 4.69. The average Bonchev–Trinajstić information content (AvgIpc) is 2.42. The van der Waals surface area contributed by atoms with Crippen molar-refractivity contribution in [2.24, 2.45) is 0 Å². The second kappa shape index (κ2) is 5.94. The third kappa shape index (κ3) is 2.72. The highest BCUT2D eigenvalue weighted by Crippen LogP contribution is 2.26. The van der Waals surface area contributed by atoms with Crippen LogP contribution in [0.2, 0.25) is 0 Å². The second-order valence-corrected chi connectivity index (χ2v) is 5.97. The van der Waals surface area contributed by atoms with Crippen molar-refractivity contribution in [2.75, 3.05) is 20.6 Å². The van der Waals surface area contributed by atoms with Gasteiger partial charge in [0, 0.05) is 18.6 Å². The van der Waals surface area contributed by atoms with Crippen LogP contribution in [-0.2, 0) is 0 Å². The molecule has 2 heteroatoms. The van der Waals surface area contributed by atoms with Crippen LogP contribution in [0.3, 0.4) is 0 Å². The lowest BCUT2D eigenvalue weighted by molar-refractivity contribution is 0.147. The molecule has 1 unspecified atom stereocenters. The van der Waals surface area contributed by atoms with Crippen LogP contribution in [0.1, 0.15) is 30.9 Å². The SMILES string of the molecule is CNC(CN(C)C1CCC1)c1ccc2ccccc2c1. The highest BCUT2D eigenvalue weighted by atomic mass is 15.2. The molecule has 3 rings (SSSR count). The van der Waals surface area contributed by atoms with Gasteiger partial charge in [0.05, 0.1) is 0 Å². The largest absolute Gasteiger partial charge is 0.312 e. The third-order valence-electron chi connectivity index (χ3n) is 4.69. The fourth-order valence-corrected chi connectivity index (χ4v) is 3.05. The van der Waals surface area contributed by atoms with E-state index in [1.54, 1.807) is 0 Å². The first kappa shape index (κ1) is 13.6. The molecule has 1 saturated carbocycles. The van der Waals surface area contributed by atoms with Crippen molar-refractivity contribution < 1.29 is 0 Å². The van der Waals surface area contributed by atoms with E-state index in [2.05, 4.69) is 66.8 Å². The van der Waals surface area contributed by atoms with E-state index in [4.69, 9.17) is 0 Å². The van der Waals surface area contributed by atoms with Crippen LogP contribution in [0.4, 0.5) is 0 Å². The van der Waals surface area contributed by atoms with Gasteiger partial charge in [-0.15, -0.1) is 0 Å². The van der Waals surface area contributed by atoms with E-state index in [0.717, 1.165) is 12.6 Å². The molecule has 0 radical (unpaired) electrons. The number of nitrogens with zero attached hydrogens (tertiary/aromatic N) is 1. The molecule has 0 aromatic heterocycles. The van der Waals surface area contributed by atoms with Gasteiger partial charge in [0.15, 0.2) is 0 Å². The molecular formula is C18H24N2. The summed E-state index contributed by atoms with van der Waals surface area (Å²) >= 11 is 0. The van der Waals surface area contributed by atoms with Gasteiger partial charge in [0.25, 0.3) is 0 Å². The minimum absolute atomic E-state index is 0.408. The molecule has 1 aliphatic rings. The number of hydrogen-bond acceptors (Lipinski definition) is 2. The number of hydrogen-bond donors (Lipinski definition) is 1. The van der Waals surface area contributed by atoms with Crippen LogP contribution in [-0.4, -0.2) is 31.6 Å². The van der Waals surface area contributed by atoms with Crippen LogP contribution in [0.5, 0.6) is 0 Å². The predicted octanol–water partition coefficient (Wildman–Crippen LogP) is 3.58. The van der Waals surface area contributed by atoms with Gasteiger partial charge in [0.2, 0.25) is 0 Å². The fraction of sp³-hybridized carbons (Fsp3) is 0.444. The van der Waals surface area contributed by atoms with E-state index in [9.17, 15) is 0 Å². The van der Waals surface area contributed by atoms with E-state index in [-0.39, 0.29) is 0 Å².